The third-order valence-electron chi connectivity index (χ3n) is 5.51. The monoisotopic (exact) mass is 483 g/mol. The van der Waals surface area contributed by atoms with Crippen molar-refractivity contribution in [1.82, 2.24) is 4.41 Å². The average Bonchev–Trinajstić information content (AvgIpc) is 3.26. The van der Waals surface area contributed by atoms with Gasteiger partial charge in [0.2, 0.25) is 10.0 Å². The molecule has 0 saturated heterocycles. The largest absolute Gasteiger partial charge is 0.283 e. The highest BCUT2D eigenvalue weighted by molar-refractivity contribution is 7.92. The van der Waals surface area contributed by atoms with Gasteiger partial charge in [-0.05, 0) is 37.6 Å². The molecule has 0 spiro atoms. The maximum Gasteiger partial charge on any atom is 0.279 e. The van der Waals surface area contributed by atoms with Crippen molar-refractivity contribution in [2.24, 2.45) is 5.10 Å². The number of para-hydroxylation sites is 1. The van der Waals surface area contributed by atoms with Crippen LogP contribution >= 0.6 is 0 Å². The Labute approximate surface area is 194 Å². The zero-order valence-electron chi connectivity index (χ0n) is 18.3. The van der Waals surface area contributed by atoms with Gasteiger partial charge in [-0.3, -0.25) is 4.72 Å². The van der Waals surface area contributed by atoms with Crippen LogP contribution in [0.15, 0.2) is 88.9 Å². The van der Waals surface area contributed by atoms with Crippen LogP contribution in [0.1, 0.15) is 36.1 Å². The van der Waals surface area contributed by atoms with E-state index in [1.807, 2.05) is 31.2 Å². The molecule has 3 aromatic rings. The Kier molecular flexibility index (Phi) is 6.27. The van der Waals surface area contributed by atoms with E-state index in [2.05, 4.69) is 9.82 Å². The van der Waals surface area contributed by atoms with E-state index >= 15 is 0 Å². The fourth-order valence-corrected chi connectivity index (χ4v) is 5.79. The number of aryl methyl sites for hydroxylation is 1. The van der Waals surface area contributed by atoms with E-state index in [-0.39, 0.29) is 10.6 Å². The summed E-state index contributed by atoms with van der Waals surface area (Å²) in [5.74, 6) is -0.0751. The Morgan fingerprint density at radius 1 is 0.909 bits per heavy atom. The second-order valence-electron chi connectivity index (χ2n) is 7.82. The standard InChI is InChI=1S/C24H25N3O4S2/c1-3-32(28,29)26-22-12-8-7-11-21(22)23-17-24(19-15-13-18(2)14-16-19)27(25-23)33(30,31)20-9-5-4-6-10-20/h4-16,24,26H,3,17H2,1-2H3/t24-/m0/s1. The first-order valence-electron chi connectivity index (χ1n) is 10.5. The summed E-state index contributed by atoms with van der Waals surface area (Å²) in [4.78, 5) is 0.145. The van der Waals surface area contributed by atoms with E-state index in [1.165, 1.54) is 0 Å². The van der Waals surface area contributed by atoms with Crippen LogP contribution in [0.25, 0.3) is 0 Å². The molecule has 1 N–H and O–H groups in total. The van der Waals surface area contributed by atoms with E-state index < -0.39 is 26.1 Å². The smallest absolute Gasteiger partial charge is 0.279 e. The lowest BCUT2D eigenvalue weighted by atomic mass is 9.98. The van der Waals surface area contributed by atoms with Crippen LogP contribution < -0.4 is 4.72 Å². The third-order valence-corrected chi connectivity index (χ3v) is 8.49. The number of nitrogens with zero attached hydrogens (tertiary/aromatic N) is 2. The minimum Gasteiger partial charge on any atom is -0.283 e. The fraction of sp³-hybridized carbons (Fsp3) is 0.208. The first-order valence-corrected chi connectivity index (χ1v) is 13.6. The van der Waals surface area contributed by atoms with Crippen molar-refractivity contribution in [3.05, 3.63) is 95.6 Å². The second kappa shape index (κ2) is 8.99. The van der Waals surface area contributed by atoms with Gasteiger partial charge in [-0.25, -0.2) is 8.42 Å². The molecule has 0 aromatic heterocycles. The van der Waals surface area contributed by atoms with E-state index in [9.17, 15) is 16.8 Å². The van der Waals surface area contributed by atoms with E-state index in [4.69, 9.17) is 0 Å². The van der Waals surface area contributed by atoms with Crippen LogP contribution in [0.4, 0.5) is 5.69 Å². The quantitative estimate of drug-likeness (QED) is 0.542. The maximum atomic E-state index is 13.5. The molecule has 172 valence electrons. The van der Waals surface area contributed by atoms with Gasteiger partial charge >= 0.3 is 0 Å². The molecule has 0 amide bonds. The lowest BCUT2D eigenvalue weighted by Crippen LogP contribution is -2.27. The van der Waals surface area contributed by atoms with Crippen LogP contribution in [0, 0.1) is 6.92 Å². The molecule has 1 aliphatic heterocycles. The summed E-state index contributed by atoms with van der Waals surface area (Å²) < 4.78 is 55.2. The molecule has 0 unspecified atom stereocenters. The molecular weight excluding hydrogens is 458 g/mol. The summed E-state index contributed by atoms with van der Waals surface area (Å²) in [6, 6.07) is 22.2. The van der Waals surface area contributed by atoms with Crippen LogP contribution in [0.5, 0.6) is 0 Å². The molecule has 0 aliphatic carbocycles. The Bertz CT molecular complexity index is 1390. The number of hydrogen-bond donors (Lipinski definition) is 1. The molecule has 1 heterocycles. The zero-order chi connectivity index (χ0) is 23.6. The molecule has 9 heteroatoms. The van der Waals surface area contributed by atoms with Crippen LogP contribution in [-0.2, 0) is 20.0 Å². The van der Waals surface area contributed by atoms with Crippen LogP contribution in [0.2, 0.25) is 0 Å². The fourth-order valence-electron chi connectivity index (χ4n) is 3.67. The summed E-state index contributed by atoms with van der Waals surface area (Å²) in [7, 11) is -7.45. The number of nitrogens with one attached hydrogen (secondary N) is 1. The summed E-state index contributed by atoms with van der Waals surface area (Å²) in [6.45, 7) is 3.52. The highest BCUT2D eigenvalue weighted by Crippen LogP contribution is 2.38. The lowest BCUT2D eigenvalue weighted by Gasteiger charge is -2.23. The normalized spacial score (nSPS) is 16.5. The molecule has 33 heavy (non-hydrogen) atoms. The van der Waals surface area contributed by atoms with Crippen LogP contribution in [0.3, 0.4) is 0 Å². The van der Waals surface area contributed by atoms with Crippen LogP contribution in [-0.4, -0.2) is 32.7 Å². The maximum absolute atomic E-state index is 13.5. The first kappa shape index (κ1) is 23.0. The molecule has 3 aromatic carbocycles. The molecule has 1 aliphatic rings. The molecule has 4 rings (SSSR count). The number of rotatable bonds is 7. The van der Waals surface area contributed by atoms with Gasteiger partial charge in [0.05, 0.1) is 28.1 Å². The molecule has 0 radical (unpaired) electrons. The Morgan fingerprint density at radius 3 is 2.21 bits per heavy atom. The summed E-state index contributed by atoms with van der Waals surface area (Å²) in [5, 5.41) is 4.53. The number of hydrogen-bond acceptors (Lipinski definition) is 5. The van der Waals surface area contributed by atoms with Gasteiger partial charge in [-0.15, -0.1) is 0 Å². The Morgan fingerprint density at radius 2 is 1.55 bits per heavy atom. The van der Waals surface area contributed by atoms with Crippen molar-refractivity contribution in [1.29, 1.82) is 0 Å². The van der Waals surface area contributed by atoms with Gasteiger partial charge in [-0.1, -0.05) is 66.2 Å². The molecule has 0 bridgehead atoms. The minimum atomic E-state index is -3.93. The van der Waals surface area contributed by atoms with E-state index in [0.29, 0.717) is 23.4 Å². The number of hydrazone groups is 1. The molecular formula is C24H25N3O4S2. The van der Waals surface area contributed by atoms with Crippen molar-refractivity contribution in [2.75, 3.05) is 10.5 Å². The first-order chi connectivity index (χ1) is 15.7. The second-order valence-corrected chi connectivity index (χ2v) is 11.6. The van der Waals surface area contributed by atoms with Crippen molar-refractivity contribution < 1.29 is 16.8 Å². The summed E-state index contributed by atoms with van der Waals surface area (Å²) >= 11 is 0. The average molecular weight is 484 g/mol. The predicted molar refractivity (Wildman–Crippen MR) is 130 cm³/mol. The number of anilines is 1. The topological polar surface area (TPSA) is 95.9 Å². The van der Waals surface area contributed by atoms with E-state index in [0.717, 1.165) is 15.5 Å². The van der Waals surface area contributed by atoms with Crippen molar-refractivity contribution >= 4 is 31.4 Å². The summed E-state index contributed by atoms with van der Waals surface area (Å²) in [6.07, 6.45) is 0.306. The Hall–Kier alpha value is -3.17. The number of sulfonamides is 2. The van der Waals surface area contributed by atoms with Crippen molar-refractivity contribution in [3.63, 3.8) is 0 Å². The van der Waals surface area contributed by atoms with Gasteiger partial charge in [0, 0.05) is 12.0 Å². The lowest BCUT2D eigenvalue weighted by molar-refractivity contribution is 0.371. The third kappa shape index (κ3) is 4.79. The SMILES string of the molecule is CCS(=O)(=O)Nc1ccccc1C1=NN(S(=O)(=O)c2ccccc2)[C@H](c2ccc(C)cc2)C1. The van der Waals surface area contributed by atoms with Crippen molar-refractivity contribution in [3.8, 4) is 0 Å². The van der Waals surface area contributed by atoms with E-state index in [1.54, 1.807) is 61.5 Å². The molecule has 7 nitrogen and oxygen atoms in total. The zero-order valence-corrected chi connectivity index (χ0v) is 20.0. The highest BCUT2D eigenvalue weighted by atomic mass is 32.2. The highest BCUT2D eigenvalue weighted by Gasteiger charge is 2.38. The Balaban J connectivity index is 1.82. The van der Waals surface area contributed by atoms with Gasteiger partial charge < -0.3 is 0 Å². The van der Waals surface area contributed by atoms with Gasteiger partial charge in [0.1, 0.15) is 0 Å². The minimum absolute atomic E-state index is 0.0751. The summed E-state index contributed by atoms with van der Waals surface area (Å²) in [5.41, 5.74) is 3.30. The molecule has 1 atom stereocenters. The van der Waals surface area contributed by atoms with Crippen molar-refractivity contribution in [2.45, 2.75) is 31.2 Å². The number of benzene rings is 3. The molecule has 0 fully saturated rings. The predicted octanol–water partition coefficient (Wildman–Crippen LogP) is 4.30. The van der Waals surface area contributed by atoms with Gasteiger partial charge in [-0.2, -0.15) is 17.9 Å². The molecule has 0 saturated carbocycles. The van der Waals surface area contributed by atoms with Gasteiger partial charge in [0.25, 0.3) is 10.0 Å². The van der Waals surface area contributed by atoms with Gasteiger partial charge in [0.15, 0.2) is 0 Å².